The molecule has 162 valence electrons. The van der Waals surface area contributed by atoms with E-state index in [1.54, 1.807) is 20.3 Å². The second-order valence-corrected chi connectivity index (χ2v) is 7.49. The van der Waals surface area contributed by atoms with Crippen LogP contribution in [0.1, 0.15) is 28.5 Å². The Hall–Kier alpha value is -3.32. The van der Waals surface area contributed by atoms with Crippen LogP contribution in [0.4, 0.5) is 0 Å². The van der Waals surface area contributed by atoms with E-state index in [1.807, 2.05) is 35.0 Å². The van der Waals surface area contributed by atoms with Crippen molar-refractivity contribution in [3.8, 4) is 11.5 Å². The monoisotopic (exact) mass is 421 g/mol. The highest BCUT2D eigenvalue weighted by molar-refractivity contribution is 5.79. The second-order valence-electron chi connectivity index (χ2n) is 7.49. The Balaban J connectivity index is 1.38. The molecule has 0 aliphatic carbocycles. The van der Waals surface area contributed by atoms with Crippen molar-refractivity contribution in [3.63, 3.8) is 0 Å². The van der Waals surface area contributed by atoms with Gasteiger partial charge in [-0.1, -0.05) is 36.4 Å². The highest BCUT2D eigenvalue weighted by Crippen LogP contribution is 2.27. The van der Waals surface area contributed by atoms with Gasteiger partial charge in [0.1, 0.15) is 17.6 Å². The van der Waals surface area contributed by atoms with Gasteiger partial charge in [0.05, 0.1) is 39.5 Å². The molecule has 2 aromatic carbocycles. The third-order valence-corrected chi connectivity index (χ3v) is 5.38. The summed E-state index contributed by atoms with van der Waals surface area (Å²) in [5.74, 6) is 1.23. The van der Waals surface area contributed by atoms with Crippen LogP contribution >= 0.6 is 0 Å². The minimum Gasteiger partial charge on any atom is -0.497 e. The molecule has 0 fully saturated rings. The maximum atomic E-state index is 12.6. The van der Waals surface area contributed by atoms with Crippen LogP contribution in [0, 0.1) is 0 Å². The number of methoxy groups -OCH3 is 2. The van der Waals surface area contributed by atoms with Crippen molar-refractivity contribution in [1.82, 2.24) is 15.1 Å². The fourth-order valence-electron chi connectivity index (χ4n) is 3.78. The van der Waals surface area contributed by atoms with E-state index in [9.17, 15) is 4.79 Å². The maximum absolute atomic E-state index is 12.6. The van der Waals surface area contributed by atoms with Gasteiger partial charge in [-0.25, -0.2) is 0 Å². The fraction of sp³-hybridized carbons (Fsp3) is 0.333. The summed E-state index contributed by atoms with van der Waals surface area (Å²) >= 11 is 0. The van der Waals surface area contributed by atoms with Crippen molar-refractivity contribution >= 4 is 5.91 Å². The number of benzene rings is 2. The van der Waals surface area contributed by atoms with Crippen LogP contribution in [-0.2, 0) is 28.9 Å². The number of hydrogen-bond donors (Lipinski definition) is 1. The minimum absolute atomic E-state index is 0.0945. The molecular formula is C24H27N3O4. The highest BCUT2D eigenvalue weighted by Gasteiger charge is 2.25. The van der Waals surface area contributed by atoms with Gasteiger partial charge < -0.3 is 19.5 Å². The van der Waals surface area contributed by atoms with E-state index >= 15 is 0 Å². The Morgan fingerprint density at radius 3 is 2.81 bits per heavy atom. The molecule has 2 heterocycles. The summed E-state index contributed by atoms with van der Waals surface area (Å²) in [5, 5.41) is 7.72. The average Bonchev–Trinajstić information content (AvgIpc) is 3.21. The summed E-state index contributed by atoms with van der Waals surface area (Å²) in [7, 11) is 3.18. The molecule has 1 aromatic heterocycles. The smallest absolute Gasteiger partial charge is 0.224 e. The SMILES string of the molecule is COc1ccc(CC(=O)NC[C@H]2OCCc3cn(Cc4ccccc4)nc32)c(OC)c1. The van der Waals surface area contributed by atoms with Gasteiger partial charge in [-0.2, -0.15) is 5.10 Å². The molecule has 31 heavy (non-hydrogen) atoms. The quantitative estimate of drug-likeness (QED) is 0.605. The number of fused-ring (bicyclic) bond motifs is 1. The van der Waals surface area contributed by atoms with Crippen LogP contribution in [0.5, 0.6) is 11.5 Å². The van der Waals surface area contributed by atoms with E-state index < -0.39 is 0 Å². The molecule has 7 heteroatoms. The van der Waals surface area contributed by atoms with Crippen molar-refractivity contribution in [2.45, 2.75) is 25.5 Å². The lowest BCUT2D eigenvalue weighted by Gasteiger charge is -2.22. The first-order valence-electron chi connectivity index (χ1n) is 10.4. The minimum atomic E-state index is -0.248. The number of aromatic nitrogens is 2. The Kier molecular flexibility index (Phi) is 6.52. The van der Waals surface area contributed by atoms with Crippen LogP contribution in [0.3, 0.4) is 0 Å². The normalized spacial score (nSPS) is 15.2. The van der Waals surface area contributed by atoms with Gasteiger partial charge in [0.25, 0.3) is 0 Å². The molecule has 1 atom stereocenters. The number of nitrogens with one attached hydrogen (secondary N) is 1. The summed E-state index contributed by atoms with van der Waals surface area (Å²) in [6.45, 7) is 1.72. The van der Waals surface area contributed by atoms with Crippen molar-refractivity contribution in [2.24, 2.45) is 0 Å². The number of carbonyl (C=O) groups excluding carboxylic acids is 1. The zero-order valence-corrected chi connectivity index (χ0v) is 17.8. The third kappa shape index (κ3) is 5.06. The molecule has 1 aliphatic heterocycles. The molecule has 0 unspecified atom stereocenters. The number of hydrogen-bond acceptors (Lipinski definition) is 5. The number of rotatable bonds is 8. The lowest BCUT2D eigenvalue weighted by Crippen LogP contribution is -2.32. The van der Waals surface area contributed by atoms with Crippen LogP contribution in [0.15, 0.2) is 54.7 Å². The van der Waals surface area contributed by atoms with E-state index in [0.29, 0.717) is 31.2 Å². The van der Waals surface area contributed by atoms with Crippen LogP contribution < -0.4 is 14.8 Å². The van der Waals surface area contributed by atoms with E-state index in [0.717, 1.165) is 17.7 Å². The van der Waals surface area contributed by atoms with Gasteiger partial charge in [0, 0.05) is 24.4 Å². The first-order chi connectivity index (χ1) is 15.2. The first kappa shape index (κ1) is 20.9. The molecule has 1 amide bonds. The molecule has 4 rings (SSSR count). The van der Waals surface area contributed by atoms with E-state index in [2.05, 4.69) is 23.6 Å². The summed E-state index contributed by atoms with van der Waals surface area (Å²) in [6, 6.07) is 15.7. The summed E-state index contributed by atoms with van der Waals surface area (Å²) in [6.07, 6.45) is 2.89. The lowest BCUT2D eigenvalue weighted by atomic mass is 10.1. The number of carbonyl (C=O) groups is 1. The van der Waals surface area contributed by atoms with E-state index in [-0.39, 0.29) is 18.4 Å². The maximum Gasteiger partial charge on any atom is 0.224 e. The van der Waals surface area contributed by atoms with E-state index in [4.69, 9.17) is 19.3 Å². The van der Waals surface area contributed by atoms with Gasteiger partial charge in [0.15, 0.2) is 0 Å². The Bertz CT molecular complexity index is 1030. The highest BCUT2D eigenvalue weighted by atomic mass is 16.5. The summed E-state index contributed by atoms with van der Waals surface area (Å²) in [4.78, 5) is 12.6. The lowest BCUT2D eigenvalue weighted by molar-refractivity contribution is -0.121. The second kappa shape index (κ2) is 9.66. The molecule has 3 aromatic rings. The Morgan fingerprint density at radius 2 is 2.03 bits per heavy atom. The zero-order valence-electron chi connectivity index (χ0n) is 17.8. The topological polar surface area (TPSA) is 74.6 Å². The van der Waals surface area contributed by atoms with Crippen LogP contribution in [-0.4, -0.2) is 43.1 Å². The third-order valence-electron chi connectivity index (χ3n) is 5.38. The van der Waals surface area contributed by atoms with Gasteiger partial charge in [-0.05, 0) is 23.6 Å². The predicted molar refractivity (Wildman–Crippen MR) is 116 cm³/mol. The standard InChI is InChI=1S/C24H27N3O4/c1-29-20-9-8-18(21(13-20)30-2)12-23(28)25-14-22-24-19(10-11-31-22)16-27(26-24)15-17-6-4-3-5-7-17/h3-9,13,16,22H,10-12,14-15H2,1-2H3,(H,25,28)/t22-/m1/s1. The largest absolute Gasteiger partial charge is 0.497 e. The van der Waals surface area contributed by atoms with Crippen molar-refractivity contribution in [2.75, 3.05) is 27.4 Å². The summed E-state index contributed by atoms with van der Waals surface area (Å²) in [5.41, 5.74) is 4.09. The first-order valence-corrected chi connectivity index (χ1v) is 10.4. The van der Waals surface area contributed by atoms with Crippen molar-refractivity contribution < 1.29 is 19.0 Å². The molecule has 0 bridgehead atoms. The molecule has 7 nitrogen and oxygen atoms in total. The van der Waals surface area contributed by atoms with E-state index in [1.165, 1.54) is 11.1 Å². The molecule has 0 radical (unpaired) electrons. The average molecular weight is 421 g/mol. The van der Waals surface area contributed by atoms with Crippen LogP contribution in [0.2, 0.25) is 0 Å². The number of amides is 1. The summed E-state index contributed by atoms with van der Waals surface area (Å²) < 4.78 is 18.5. The number of nitrogens with zero attached hydrogens (tertiary/aromatic N) is 2. The molecule has 0 saturated carbocycles. The zero-order chi connectivity index (χ0) is 21.6. The molecule has 1 aliphatic rings. The van der Waals surface area contributed by atoms with Crippen molar-refractivity contribution in [3.05, 3.63) is 77.1 Å². The van der Waals surface area contributed by atoms with Gasteiger partial charge in [-0.15, -0.1) is 0 Å². The molecule has 0 spiro atoms. The van der Waals surface area contributed by atoms with Gasteiger partial charge >= 0.3 is 0 Å². The Labute approximate surface area is 181 Å². The molecule has 0 saturated heterocycles. The van der Waals surface area contributed by atoms with Gasteiger partial charge in [0.2, 0.25) is 5.91 Å². The van der Waals surface area contributed by atoms with Crippen molar-refractivity contribution in [1.29, 1.82) is 0 Å². The van der Waals surface area contributed by atoms with Gasteiger partial charge in [-0.3, -0.25) is 9.48 Å². The number of ether oxygens (including phenoxy) is 3. The van der Waals surface area contributed by atoms with Crippen LogP contribution in [0.25, 0.3) is 0 Å². The predicted octanol–water partition coefficient (Wildman–Crippen LogP) is 2.92. The Morgan fingerprint density at radius 1 is 1.19 bits per heavy atom. The fourth-order valence-corrected chi connectivity index (χ4v) is 3.78. The molecular weight excluding hydrogens is 394 g/mol. The molecule has 1 N–H and O–H groups in total.